The van der Waals surface area contributed by atoms with Crippen LogP contribution in [0.5, 0.6) is 0 Å². The maximum absolute atomic E-state index is 11.1. The van der Waals surface area contributed by atoms with Gasteiger partial charge in [-0.05, 0) is 12.1 Å². The second-order valence-corrected chi connectivity index (χ2v) is 2.86. The number of amides is 2. The van der Waals surface area contributed by atoms with E-state index in [1.54, 1.807) is 6.07 Å². The Kier molecular flexibility index (Phi) is 4.15. The Morgan fingerprint density at radius 3 is 3.07 bits per heavy atom. The second-order valence-electron chi connectivity index (χ2n) is 2.47. The lowest BCUT2D eigenvalue weighted by molar-refractivity contribution is 0.245. The van der Waals surface area contributed by atoms with Gasteiger partial charge in [0, 0.05) is 18.4 Å². The van der Waals surface area contributed by atoms with Gasteiger partial charge in [-0.2, -0.15) is 0 Å². The molecule has 0 radical (unpaired) electrons. The van der Waals surface area contributed by atoms with Gasteiger partial charge in [0.15, 0.2) is 0 Å². The summed E-state index contributed by atoms with van der Waals surface area (Å²) < 4.78 is 0. The number of pyridine rings is 1. The van der Waals surface area contributed by atoms with Crippen molar-refractivity contribution in [3.05, 3.63) is 23.5 Å². The van der Waals surface area contributed by atoms with E-state index in [2.05, 4.69) is 15.6 Å². The average molecular weight is 216 g/mol. The molecule has 0 spiro atoms. The molecule has 14 heavy (non-hydrogen) atoms. The summed E-state index contributed by atoms with van der Waals surface area (Å²) in [4.78, 5) is 14.8. The Bertz CT molecular complexity index is 319. The van der Waals surface area contributed by atoms with Crippen molar-refractivity contribution < 1.29 is 9.90 Å². The van der Waals surface area contributed by atoms with E-state index in [9.17, 15) is 4.79 Å². The molecular formula is C8H10ClN3O2. The fourth-order valence-corrected chi connectivity index (χ4v) is 0.999. The highest BCUT2D eigenvalue weighted by atomic mass is 35.5. The molecule has 76 valence electrons. The van der Waals surface area contributed by atoms with Crippen LogP contribution < -0.4 is 10.6 Å². The lowest BCUT2D eigenvalue weighted by atomic mass is 10.4. The molecular weight excluding hydrogens is 206 g/mol. The maximum atomic E-state index is 11.1. The van der Waals surface area contributed by atoms with Gasteiger partial charge in [0.25, 0.3) is 0 Å². The molecule has 3 N–H and O–H groups in total. The van der Waals surface area contributed by atoms with E-state index >= 15 is 0 Å². The highest BCUT2D eigenvalue weighted by Gasteiger charge is 2.00. The van der Waals surface area contributed by atoms with Crippen LogP contribution in [0.2, 0.25) is 5.15 Å². The third-order valence-electron chi connectivity index (χ3n) is 1.38. The second kappa shape index (κ2) is 5.41. The van der Waals surface area contributed by atoms with Gasteiger partial charge in [0.2, 0.25) is 0 Å². The number of rotatable bonds is 3. The SMILES string of the molecule is O=C(NCCO)Nc1ccnc(Cl)c1. The predicted octanol–water partition coefficient (Wildman–Crippen LogP) is 0.849. The Morgan fingerprint density at radius 2 is 2.43 bits per heavy atom. The van der Waals surface area contributed by atoms with E-state index < -0.39 is 0 Å². The summed E-state index contributed by atoms with van der Waals surface area (Å²) in [6, 6.07) is 2.76. The van der Waals surface area contributed by atoms with Crippen molar-refractivity contribution in [2.24, 2.45) is 0 Å². The number of aliphatic hydroxyl groups excluding tert-OH is 1. The summed E-state index contributed by atoms with van der Waals surface area (Å²) in [6.07, 6.45) is 1.49. The van der Waals surface area contributed by atoms with E-state index in [1.165, 1.54) is 12.3 Å². The summed E-state index contributed by atoms with van der Waals surface area (Å²) in [5.41, 5.74) is 0.556. The molecule has 6 heteroatoms. The molecule has 0 aromatic carbocycles. The van der Waals surface area contributed by atoms with E-state index in [1.807, 2.05) is 0 Å². The monoisotopic (exact) mass is 215 g/mol. The third-order valence-corrected chi connectivity index (χ3v) is 1.59. The smallest absolute Gasteiger partial charge is 0.319 e. The molecule has 0 aliphatic heterocycles. The van der Waals surface area contributed by atoms with Crippen LogP contribution in [0, 0.1) is 0 Å². The number of anilines is 1. The summed E-state index contributed by atoms with van der Waals surface area (Å²) in [5, 5.41) is 13.7. The van der Waals surface area contributed by atoms with Crippen LogP contribution in [0.1, 0.15) is 0 Å². The average Bonchev–Trinajstić information content (AvgIpc) is 2.15. The highest BCUT2D eigenvalue weighted by molar-refractivity contribution is 6.29. The van der Waals surface area contributed by atoms with Crippen LogP contribution in [0.3, 0.4) is 0 Å². The van der Waals surface area contributed by atoms with Crippen LogP contribution >= 0.6 is 11.6 Å². The molecule has 0 fully saturated rings. The highest BCUT2D eigenvalue weighted by Crippen LogP contribution is 2.11. The van der Waals surface area contributed by atoms with Crippen LogP contribution in [0.15, 0.2) is 18.3 Å². The van der Waals surface area contributed by atoms with Gasteiger partial charge in [0.1, 0.15) is 5.15 Å². The Labute approximate surface area is 86.1 Å². The fourth-order valence-electron chi connectivity index (χ4n) is 0.825. The Balaban J connectivity index is 2.47. The van der Waals surface area contributed by atoms with Gasteiger partial charge in [-0.1, -0.05) is 11.6 Å². The van der Waals surface area contributed by atoms with Gasteiger partial charge in [0.05, 0.1) is 6.61 Å². The fraction of sp³-hybridized carbons (Fsp3) is 0.250. The van der Waals surface area contributed by atoms with Crippen molar-refractivity contribution in [1.29, 1.82) is 0 Å². The lowest BCUT2D eigenvalue weighted by Crippen LogP contribution is -2.30. The van der Waals surface area contributed by atoms with Crippen LogP contribution in [-0.4, -0.2) is 29.3 Å². The zero-order chi connectivity index (χ0) is 10.4. The minimum Gasteiger partial charge on any atom is -0.395 e. The Hall–Kier alpha value is -1.33. The first-order valence-electron chi connectivity index (χ1n) is 3.99. The standard InChI is InChI=1S/C8H10ClN3O2/c9-7-5-6(1-2-10-7)12-8(14)11-3-4-13/h1-2,5,13H,3-4H2,(H2,10,11,12,14). The van der Waals surface area contributed by atoms with E-state index in [4.69, 9.17) is 16.7 Å². The molecule has 5 nitrogen and oxygen atoms in total. The molecule has 1 heterocycles. The minimum absolute atomic E-state index is 0.0927. The number of hydrogen-bond donors (Lipinski definition) is 3. The first-order valence-corrected chi connectivity index (χ1v) is 4.37. The van der Waals surface area contributed by atoms with Crippen LogP contribution in [0.4, 0.5) is 10.5 Å². The van der Waals surface area contributed by atoms with Crippen molar-refractivity contribution in [3.63, 3.8) is 0 Å². The number of nitrogens with one attached hydrogen (secondary N) is 2. The number of hydrogen-bond acceptors (Lipinski definition) is 3. The summed E-state index contributed by atoms with van der Waals surface area (Å²) >= 11 is 5.61. The minimum atomic E-state index is -0.388. The lowest BCUT2D eigenvalue weighted by Gasteiger charge is -2.05. The molecule has 0 aliphatic carbocycles. The number of urea groups is 1. The van der Waals surface area contributed by atoms with Gasteiger partial charge in [-0.3, -0.25) is 0 Å². The van der Waals surface area contributed by atoms with Crippen LogP contribution in [0.25, 0.3) is 0 Å². The molecule has 0 unspecified atom stereocenters. The van der Waals surface area contributed by atoms with E-state index in [-0.39, 0.29) is 19.2 Å². The quantitative estimate of drug-likeness (QED) is 0.655. The number of carbonyl (C=O) groups excluding carboxylic acids is 1. The zero-order valence-electron chi connectivity index (χ0n) is 7.33. The molecule has 1 aromatic heterocycles. The Morgan fingerprint density at radius 1 is 1.64 bits per heavy atom. The number of halogens is 1. The number of carbonyl (C=O) groups is 1. The van der Waals surface area contributed by atoms with Crippen molar-refractivity contribution >= 4 is 23.3 Å². The summed E-state index contributed by atoms with van der Waals surface area (Å²) in [7, 11) is 0. The largest absolute Gasteiger partial charge is 0.395 e. The molecule has 1 rings (SSSR count). The first kappa shape index (κ1) is 10.7. The topological polar surface area (TPSA) is 74.2 Å². The molecule has 2 amide bonds. The van der Waals surface area contributed by atoms with Gasteiger partial charge >= 0.3 is 6.03 Å². The molecule has 0 saturated carbocycles. The van der Waals surface area contributed by atoms with Crippen LogP contribution in [-0.2, 0) is 0 Å². The third kappa shape index (κ3) is 3.59. The zero-order valence-corrected chi connectivity index (χ0v) is 8.08. The summed E-state index contributed by atoms with van der Waals surface area (Å²) in [5.74, 6) is 0. The van der Waals surface area contributed by atoms with Crippen molar-refractivity contribution in [1.82, 2.24) is 10.3 Å². The molecule has 1 aromatic rings. The summed E-state index contributed by atoms with van der Waals surface area (Å²) in [6.45, 7) is 0.120. The van der Waals surface area contributed by atoms with Gasteiger partial charge in [-0.15, -0.1) is 0 Å². The molecule has 0 atom stereocenters. The number of nitrogens with zero attached hydrogens (tertiary/aromatic N) is 1. The van der Waals surface area contributed by atoms with E-state index in [0.29, 0.717) is 10.8 Å². The van der Waals surface area contributed by atoms with Crippen molar-refractivity contribution in [2.75, 3.05) is 18.5 Å². The molecule has 0 bridgehead atoms. The molecule has 0 aliphatic rings. The van der Waals surface area contributed by atoms with Gasteiger partial charge < -0.3 is 15.7 Å². The molecule has 0 saturated heterocycles. The normalized spacial score (nSPS) is 9.57. The maximum Gasteiger partial charge on any atom is 0.319 e. The van der Waals surface area contributed by atoms with E-state index in [0.717, 1.165) is 0 Å². The van der Waals surface area contributed by atoms with Crippen molar-refractivity contribution in [2.45, 2.75) is 0 Å². The predicted molar refractivity (Wildman–Crippen MR) is 53.4 cm³/mol. The number of aliphatic hydroxyl groups is 1. The number of aromatic nitrogens is 1. The first-order chi connectivity index (χ1) is 6.72. The van der Waals surface area contributed by atoms with Crippen molar-refractivity contribution in [3.8, 4) is 0 Å². The van der Waals surface area contributed by atoms with Gasteiger partial charge in [-0.25, -0.2) is 9.78 Å².